The van der Waals surface area contributed by atoms with Crippen LogP contribution in [0.3, 0.4) is 0 Å². The van der Waals surface area contributed by atoms with Crippen LogP contribution in [-0.4, -0.2) is 33.4 Å². The molecule has 1 fully saturated rings. The van der Waals surface area contributed by atoms with Gasteiger partial charge in [-0.3, -0.25) is 9.59 Å². The van der Waals surface area contributed by atoms with E-state index in [1.54, 1.807) is 20.9 Å². The molecule has 1 aliphatic carbocycles. The summed E-state index contributed by atoms with van der Waals surface area (Å²) >= 11 is 0. The van der Waals surface area contributed by atoms with Gasteiger partial charge in [-0.15, -0.1) is 0 Å². The van der Waals surface area contributed by atoms with E-state index in [0.717, 1.165) is 19.3 Å². The first-order chi connectivity index (χ1) is 9.90. The molecule has 0 bridgehead atoms. The number of hydrogen-bond donors (Lipinski definition) is 2. The summed E-state index contributed by atoms with van der Waals surface area (Å²) < 4.78 is 1.20. The zero-order valence-corrected chi connectivity index (χ0v) is 12.8. The Hall–Kier alpha value is -1.69. The van der Waals surface area contributed by atoms with Crippen LogP contribution in [0, 0.1) is 19.8 Å². The predicted molar refractivity (Wildman–Crippen MR) is 79.3 cm³/mol. The van der Waals surface area contributed by atoms with Crippen LogP contribution in [0.1, 0.15) is 47.3 Å². The third-order valence-electron chi connectivity index (χ3n) is 4.26. The van der Waals surface area contributed by atoms with Gasteiger partial charge < -0.3 is 10.4 Å². The van der Waals surface area contributed by atoms with Crippen molar-refractivity contribution in [2.75, 3.05) is 6.54 Å². The summed E-state index contributed by atoms with van der Waals surface area (Å²) in [4.78, 5) is 24.4. The molecule has 1 heterocycles. The molecule has 1 amide bonds. The van der Waals surface area contributed by atoms with Gasteiger partial charge in [-0.2, -0.15) is 5.10 Å². The molecule has 2 unspecified atom stereocenters. The molecular weight excluding hydrogens is 270 g/mol. The van der Waals surface area contributed by atoms with Crippen LogP contribution in [0.25, 0.3) is 0 Å². The first kappa shape index (κ1) is 15.7. The Labute approximate surface area is 124 Å². The largest absolute Gasteiger partial charge is 0.393 e. The molecule has 1 aromatic rings. The summed E-state index contributed by atoms with van der Waals surface area (Å²) in [7, 11) is 1.54. The van der Waals surface area contributed by atoms with Crippen molar-refractivity contribution in [1.29, 1.82) is 0 Å². The summed E-state index contributed by atoms with van der Waals surface area (Å²) in [6, 6.07) is 0. The molecule has 0 spiro atoms. The number of aliphatic hydroxyl groups is 1. The summed E-state index contributed by atoms with van der Waals surface area (Å²) in [6.45, 7) is 4.02. The lowest BCUT2D eigenvalue weighted by molar-refractivity contribution is 0.0871. The van der Waals surface area contributed by atoms with E-state index < -0.39 is 0 Å². The number of rotatable bonds is 3. The van der Waals surface area contributed by atoms with Crippen molar-refractivity contribution in [3.63, 3.8) is 0 Å². The van der Waals surface area contributed by atoms with Gasteiger partial charge in [-0.05, 0) is 44.6 Å². The van der Waals surface area contributed by atoms with Crippen LogP contribution in [0.4, 0.5) is 0 Å². The monoisotopic (exact) mass is 293 g/mol. The maximum absolute atomic E-state index is 12.3. The van der Waals surface area contributed by atoms with Gasteiger partial charge in [0.15, 0.2) is 0 Å². The zero-order chi connectivity index (χ0) is 15.6. The minimum atomic E-state index is -0.376. The summed E-state index contributed by atoms with van der Waals surface area (Å²) in [5.41, 5.74) is 1.09. The number of aryl methyl sites for hydroxylation is 2. The Kier molecular flexibility index (Phi) is 4.77. The molecule has 0 radical (unpaired) electrons. The molecule has 0 saturated heterocycles. The number of carbonyl (C=O) groups is 1. The third-order valence-corrected chi connectivity index (χ3v) is 4.26. The average Bonchev–Trinajstić information content (AvgIpc) is 2.43. The highest BCUT2D eigenvalue weighted by atomic mass is 16.3. The maximum atomic E-state index is 12.3. The number of aromatic nitrogens is 2. The summed E-state index contributed by atoms with van der Waals surface area (Å²) in [5.74, 6) is -0.0662. The van der Waals surface area contributed by atoms with Crippen molar-refractivity contribution < 1.29 is 9.90 Å². The minimum absolute atomic E-state index is 0.168. The van der Waals surface area contributed by atoms with Crippen molar-refractivity contribution in [2.24, 2.45) is 13.0 Å². The number of nitrogens with one attached hydrogen (secondary N) is 1. The maximum Gasteiger partial charge on any atom is 0.279 e. The number of carbonyl (C=O) groups excluding carboxylic acids is 1. The molecule has 1 saturated carbocycles. The van der Waals surface area contributed by atoms with Gasteiger partial charge in [0.2, 0.25) is 0 Å². The highest BCUT2D eigenvalue weighted by molar-refractivity contribution is 5.95. The smallest absolute Gasteiger partial charge is 0.279 e. The molecule has 0 aromatic carbocycles. The molecule has 1 aliphatic rings. The van der Waals surface area contributed by atoms with E-state index in [1.807, 2.05) is 0 Å². The quantitative estimate of drug-likeness (QED) is 0.858. The number of amides is 1. The topological polar surface area (TPSA) is 84.2 Å². The summed E-state index contributed by atoms with van der Waals surface area (Å²) in [6.07, 6.45) is 3.28. The molecule has 21 heavy (non-hydrogen) atoms. The summed E-state index contributed by atoms with van der Waals surface area (Å²) in [5, 5.41) is 16.5. The van der Waals surface area contributed by atoms with Crippen molar-refractivity contribution in [1.82, 2.24) is 15.1 Å². The van der Waals surface area contributed by atoms with Crippen molar-refractivity contribution >= 4 is 5.91 Å². The molecule has 2 rings (SSSR count). The van der Waals surface area contributed by atoms with E-state index in [4.69, 9.17) is 0 Å². The second-order valence-electron chi connectivity index (χ2n) is 5.91. The van der Waals surface area contributed by atoms with Gasteiger partial charge in [-0.25, -0.2) is 4.68 Å². The van der Waals surface area contributed by atoms with Gasteiger partial charge in [0.1, 0.15) is 5.56 Å². The van der Waals surface area contributed by atoms with E-state index in [2.05, 4.69) is 10.4 Å². The number of nitrogens with zero attached hydrogens (tertiary/aromatic N) is 2. The molecular formula is C15H23N3O3. The van der Waals surface area contributed by atoms with E-state index >= 15 is 0 Å². The number of aliphatic hydroxyl groups excluding tert-OH is 1. The van der Waals surface area contributed by atoms with E-state index in [1.165, 1.54) is 4.68 Å². The van der Waals surface area contributed by atoms with Gasteiger partial charge in [-0.1, -0.05) is 6.42 Å². The van der Waals surface area contributed by atoms with Gasteiger partial charge in [0.05, 0.1) is 11.8 Å². The Morgan fingerprint density at radius 3 is 2.81 bits per heavy atom. The minimum Gasteiger partial charge on any atom is -0.393 e. The molecule has 1 aromatic heterocycles. The Morgan fingerprint density at radius 2 is 2.14 bits per heavy atom. The molecule has 2 N–H and O–H groups in total. The van der Waals surface area contributed by atoms with Crippen LogP contribution in [0.5, 0.6) is 0 Å². The van der Waals surface area contributed by atoms with Crippen molar-refractivity contribution in [3.8, 4) is 0 Å². The lowest BCUT2D eigenvalue weighted by atomic mass is 9.87. The van der Waals surface area contributed by atoms with E-state index in [9.17, 15) is 14.7 Å². The fourth-order valence-electron chi connectivity index (χ4n) is 2.89. The van der Waals surface area contributed by atoms with Crippen molar-refractivity contribution in [2.45, 2.75) is 45.6 Å². The standard InChI is InChI=1S/C15H23N3O3/c1-9-10(2)17-18(3)15(21)13(9)14(20)16-8-11-5-4-6-12(19)7-11/h11-12,19H,4-8H2,1-3H3,(H,16,20). The van der Waals surface area contributed by atoms with Crippen LogP contribution >= 0.6 is 0 Å². The van der Waals surface area contributed by atoms with Crippen LogP contribution in [-0.2, 0) is 7.05 Å². The lowest BCUT2D eigenvalue weighted by Crippen LogP contribution is -2.38. The Morgan fingerprint density at radius 1 is 1.43 bits per heavy atom. The van der Waals surface area contributed by atoms with Gasteiger partial charge in [0, 0.05) is 13.6 Å². The first-order valence-electron chi connectivity index (χ1n) is 7.41. The highest BCUT2D eigenvalue weighted by Gasteiger charge is 2.22. The van der Waals surface area contributed by atoms with Crippen molar-refractivity contribution in [3.05, 3.63) is 27.2 Å². The van der Waals surface area contributed by atoms with Gasteiger partial charge in [0.25, 0.3) is 11.5 Å². The average molecular weight is 293 g/mol. The fourth-order valence-corrected chi connectivity index (χ4v) is 2.89. The second kappa shape index (κ2) is 6.39. The van der Waals surface area contributed by atoms with Crippen LogP contribution in [0.15, 0.2) is 4.79 Å². The van der Waals surface area contributed by atoms with E-state index in [0.29, 0.717) is 24.2 Å². The van der Waals surface area contributed by atoms with Gasteiger partial charge >= 0.3 is 0 Å². The van der Waals surface area contributed by atoms with E-state index in [-0.39, 0.29) is 29.1 Å². The third kappa shape index (κ3) is 3.50. The van der Waals surface area contributed by atoms with Crippen LogP contribution < -0.4 is 10.9 Å². The second-order valence-corrected chi connectivity index (χ2v) is 5.91. The van der Waals surface area contributed by atoms with Crippen LogP contribution in [0.2, 0.25) is 0 Å². The highest BCUT2D eigenvalue weighted by Crippen LogP contribution is 2.23. The molecule has 2 atom stereocenters. The molecule has 6 heteroatoms. The normalized spacial score (nSPS) is 22.1. The Balaban J connectivity index is 2.09. The molecule has 6 nitrogen and oxygen atoms in total. The first-order valence-corrected chi connectivity index (χ1v) is 7.41. The SMILES string of the molecule is Cc1nn(C)c(=O)c(C(=O)NCC2CCCC(O)C2)c1C. The molecule has 0 aliphatic heterocycles. The fraction of sp³-hybridized carbons (Fsp3) is 0.667. The number of hydrogen-bond acceptors (Lipinski definition) is 4. The lowest BCUT2D eigenvalue weighted by Gasteiger charge is -2.26. The molecule has 116 valence electrons. The Bertz CT molecular complexity index is 595. The predicted octanol–water partition coefficient (Wildman–Crippen LogP) is 0.678. The zero-order valence-electron chi connectivity index (χ0n) is 12.8.